The van der Waals surface area contributed by atoms with Gasteiger partial charge in [0.15, 0.2) is 0 Å². The van der Waals surface area contributed by atoms with Crippen LogP contribution in [0.4, 0.5) is 0 Å². The molecular formula is C15H20N4O3. The van der Waals surface area contributed by atoms with Gasteiger partial charge in [-0.3, -0.25) is 25.1 Å². The van der Waals surface area contributed by atoms with E-state index in [9.17, 15) is 9.59 Å². The first kappa shape index (κ1) is 15.8. The molecule has 2 rings (SSSR count). The second kappa shape index (κ2) is 6.46. The molecule has 0 bridgehead atoms. The second-order valence-electron chi connectivity index (χ2n) is 5.23. The van der Waals surface area contributed by atoms with E-state index in [4.69, 9.17) is 4.42 Å². The fraction of sp³-hybridized carbons (Fsp3) is 0.400. The molecule has 2 aromatic rings. The van der Waals surface area contributed by atoms with Gasteiger partial charge in [-0.1, -0.05) is 0 Å². The number of hydrogen-bond acceptors (Lipinski definition) is 4. The summed E-state index contributed by atoms with van der Waals surface area (Å²) in [5, 5.41) is 4.28. The Morgan fingerprint density at radius 3 is 2.45 bits per heavy atom. The Labute approximate surface area is 128 Å². The first-order chi connectivity index (χ1) is 10.4. The van der Waals surface area contributed by atoms with Crippen LogP contribution in [0.2, 0.25) is 0 Å². The smallest absolute Gasteiger partial charge is 0.273 e. The molecule has 0 saturated carbocycles. The van der Waals surface area contributed by atoms with Crippen LogP contribution in [0.15, 0.2) is 16.5 Å². The minimum Gasteiger partial charge on any atom is -0.466 e. The van der Waals surface area contributed by atoms with E-state index in [1.54, 1.807) is 24.6 Å². The van der Waals surface area contributed by atoms with Gasteiger partial charge in [0.2, 0.25) is 5.91 Å². The summed E-state index contributed by atoms with van der Waals surface area (Å²) in [6, 6.07) is 3.58. The molecule has 0 spiro atoms. The number of nitrogens with zero attached hydrogens (tertiary/aromatic N) is 2. The van der Waals surface area contributed by atoms with Crippen molar-refractivity contribution in [3.05, 3.63) is 40.6 Å². The van der Waals surface area contributed by atoms with Gasteiger partial charge in [-0.05, 0) is 39.8 Å². The van der Waals surface area contributed by atoms with E-state index in [1.165, 1.54) is 0 Å². The Balaban J connectivity index is 1.81. The number of carbonyl (C=O) groups excluding carboxylic acids is 2. The summed E-state index contributed by atoms with van der Waals surface area (Å²) in [5.74, 6) is 0.498. The topological polar surface area (TPSA) is 89.2 Å². The van der Waals surface area contributed by atoms with Crippen molar-refractivity contribution in [1.29, 1.82) is 0 Å². The van der Waals surface area contributed by atoms with Crippen LogP contribution in [-0.2, 0) is 11.3 Å². The largest absolute Gasteiger partial charge is 0.466 e. The Morgan fingerprint density at radius 2 is 1.91 bits per heavy atom. The van der Waals surface area contributed by atoms with Crippen molar-refractivity contribution in [2.45, 2.75) is 40.7 Å². The van der Waals surface area contributed by atoms with Gasteiger partial charge >= 0.3 is 0 Å². The standard InChI is InChI=1S/C15H20N4O3/c1-9-7-10(2)19(18-9)6-5-14(20)16-17-15(21)13-8-11(3)22-12(13)4/h7-8H,5-6H2,1-4H3,(H,16,20)(H,17,21). The third kappa shape index (κ3) is 3.75. The number of aromatic nitrogens is 2. The molecule has 2 heterocycles. The van der Waals surface area contributed by atoms with E-state index < -0.39 is 5.91 Å². The van der Waals surface area contributed by atoms with Gasteiger partial charge in [-0.25, -0.2) is 0 Å². The molecule has 0 aliphatic carbocycles. The maximum atomic E-state index is 11.9. The number of rotatable bonds is 4. The fourth-order valence-corrected chi connectivity index (χ4v) is 2.22. The molecule has 0 aromatic carbocycles. The highest BCUT2D eigenvalue weighted by Gasteiger charge is 2.14. The van der Waals surface area contributed by atoms with Crippen molar-refractivity contribution in [3.63, 3.8) is 0 Å². The minimum atomic E-state index is -0.395. The summed E-state index contributed by atoms with van der Waals surface area (Å²) >= 11 is 0. The molecule has 0 atom stereocenters. The number of aryl methyl sites for hydroxylation is 5. The zero-order valence-corrected chi connectivity index (χ0v) is 13.2. The molecule has 0 unspecified atom stereocenters. The van der Waals surface area contributed by atoms with Crippen LogP contribution in [0.3, 0.4) is 0 Å². The molecule has 7 heteroatoms. The summed E-state index contributed by atoms with van der Waals surface area (Å²) < 4.78 is 7.04. The first-order valence-electron chi connectivity index (χ1n) is 7.04. The van der Waals surface area contributed by atoms with Crippen LogP contribution in [-0.4, -0.2) is 21.6 Å². The number of hydrogen-bond donors (Lipinski definition) is 2. The maximum Gasteiger partial charge on any atom is 0.273 e. The molecule has 0 aliphatic rings. The molecule has 0 radical (unpaired) electrons. The number of hydrazine groups is 1. The number of nitrogens with one attached hydrogen (secondary N) is 2. The summed E-state index contributed by atoms with van der Waals surface area (Å²) in [6.45, 7) is 7.76. The highest BCUT2D eigenvalue weighted by Crippen LogP contribution is 2.12. The summed E-state index contributed by atoms with van der Waals surface area (Å²) in [4.78, 5) is 23.7. The second-order valence-corrected chi connectivity index (χ2v) is 5.23. The van der Waals surface area contributed by atoms with Gasteiger partial charge in [-0.2, -0.15) is 5.10 Å². The highest BCUT2D eigenvalue weighted by atomic mass is 16.3. The van der Waals surface area contributed by atoms with E-state index in [-0.39, 0.29) is 12.3 Å². The van der Waals surface area contributed by atoms with Crippen molar-refractivity contribution in [2.75, 3.05) is 0 Å². The number of carbonyl (C=O) groups is 2. The number of amides is 2. The van der Waals surface area contributed by atoms with Gasteiger partial charge in [0.05, 0.1) is 17.8 Å². The molecule has 2 amide bonds. The monoisotopic (exact) mass is 304 g/mol. The summed E-state index contributed by atoms with van der Waals surface area (Å²) in [7, 11) is 0. The van der Waals surface area contributed by atoms with Crippen molar-refractivity contribution < 1.29 is 14.0 Å². The molecule has 0 aliphatic heterocycles. The zero-order valence-electron chi connectivity index (χ0n) is 13.2. The van der Waals surface area contributed by atoms with Crippen LogP contribution in [0.1, 0.15) is 39.7 Å². The van der Waals surface area contributed by atoms with Crippen molar-refractivity contribution in [1.82, 2.24) is 20.6 Å². The van der Waals surface area contributed by atoms with E-state index in [1.807, 2.05) is 19.9 Å². The van der Waals surface area contributed by atoms with E-state index >= 15 is 0 Å². The van der Waals surface area contributed by atoms with Crippen LogP contribution < -0.4 is 10.9 Å². The first-order valence-corrected chi connectivity index (χ1v) is 7.04. The lowest BCUT2D eigenvalue weighted by Gasteiger charge is -2.07. The van der Waals surface area contributed by atoms with Crippen LogP contribution >= 0.6 is 0 Å². The Hall–Kier alpha value is -2.57. The molecule has 7 nitrogen and oxygen atoms in total. The van der Waals surface area contributed by atoms with Crippen molar-refractivity contribution in [2.24, 2.45) is 0 Å². The lowest BCUT2D eigenvalue weighted by Crippen LogP contribution is -2.42. The highest BCUT2D eigenvalue weighted by molar-refractivity contribution is 5.96. The molecule has 0 saturated heterocycles. The lowest BCUT2D eigenvalue weighted by molar-refractivity contribution is -0.122. The van der Waals surface area contributed by atoms with Crippen molar-refractivity contribution >= 4 is 11.8 Å². The Kier molecular flexibility index (Phi) is 4.65. The van der Waals surface area contributed by atoms with Gasteiger partial charge in [0.25, 0.3) is 5.91 Å². The molecule has 22 heavy (non-hydrogen) atoms. The van der Waals surface area contributed by atoms with E-state index in [0.717, 1.165) is 11.4 Å². The normalized spacial score (nSPS) is 10.5. The molecule has 2 aromatic heterocycles. The van der Waals surface area contributed by atoms with Crippen LogP contribution in [0, 0.1) is 27.7 Å². The Morgan fingerprint density at radius 1 is 1.18 bits per heavy atom. The Bertz CT molecular complexity index is 700. The predicted molar refractivity (Wildman–Crippen MR) is 80.1 cm³/mol. The summed E-state index contributed by atoms with van der Waals surface area (Å²) in [6.07, 6.45) is 0.228. The minimum absolute atomic E-state index is 0.228. The van der Waals surface area contributed by atoms with Crippen molar-refractivity contribution in [3.8, 4) is 0 Å². The lowest BCUT2D eigenvalue weighted by atomic mass is 10.2. The fourth-order valence-electron chi connectivity index (χ4n) is 2.22. The zero-order chi connectivity index (χ0) is 16.3. The molecule has 0 fully saturated rings. The van der Waals surface area contributed by atoms with Gasteiger partial charge in [-0.15, -0.1) is 0 Å². The quantitative estimate of drug-likeness (QED) is 0.839. The van der Waals surface area contributed by atoms with E-state index in [2.05, 4.69) is 16.0 Å². The SMILES string of the molecule is Cc1cc(C)n(CCC(=O)NNC(=O)c2cc(C)oc2C)n1. The molecule has 118 valence electrons. The van der Waals surface area contributed by atoms with Gasteiger partial charge in [0, 0.05) is 12.1 Å². The maximum absolute atomic E-state index is 11.9. The van der Waals surface area contributed by atoms with Gasteiger partial charge in [0.1, 0.15) is 11.5 Å². The third-order valence-corrected chi connectivity index (χ3v) is 3.26. The van der Waals surface area contributed by atoms with Crippen LogP contribution in [0.5, 0.6) is 0 Å². The van der Waals surface area contributed by atoms with E-state index in [0.29, 0.717) is 23.6 Å². The summed E-state index contributed by atoms with van der Waals surface area (Å²) in [5.41, 5.74) is 7.10. The molecule has 2 N–H and O–H groups in total. The number of furan rings is 1. The third-order valence-electron chi connectivity index (χ3n) is 3.26. The van der Waals surface area contributed by atoms with Crippen LogP contribution in [0.25, 0.3) is 0 Å². The molecular weight excluding hydrogens is 284 g/mol. The average Bonchev–Trinajstić information content (AvgIpc) is 2.95. The predicted octanol–water partition coefficient (Wildman–Crippen LogP) is 1.56. The average molecular weight is 304 g/mol. The van der Waals surface area contributed by atoms with Gasteiger partial charge < -0.3 is 4.42 Å².